The van der Waals surface area contributed by atoms with Gasteiger partial charge in [-0.25, -0.2) is 9.98 Å². The van der Waals surface area contributed by atoms with Gasteiger partial charge in [0.2, 0.25) is 11.6 Å². The summed E-state index contributed by atoms with van der Waals surface area (Å²) in [6, 6.07) is 4.48. The van der Waals surface area contributed by atoms with E-state index in [4.69, 9.17) is 0 Å². The zero-order valence-corrected chi connectivity index (χ0v) is 8.76. The van der Waals surface area contributed by atoms with Gasteiger partial charge in [-0.1, -0.05) is 0 Å². The van der Waals surface area contributed by atoms with Crippen molar-refractivity contribution < 1.29 is 9.59 Å². The first kappa shape index (κ1) is 11.7. The summed E-state index contributed by atoms with van der Waals surface area (Å²) in [4.78, 5) is 37.0. The Morgan fingerprint density at radius 2 is 1.25 bits per heavy atom. The van der Waals surface area contributed by atoms with E-state index in [1.54, 1.807) is 0 Å². The molecule has 0 aromatic rings. The van der Waals surface area contributed by atoms with Crippen LogP contribution in [0.3, 0.4) is 0 Å². The Balaban J connectivity index is 3.05. The highest BCUT2D eigenvalue weighted by Gasteiger charge is 2.19. The minimum atomic E-state index is -0.424. The molecule has 0 N–H and O–H groups in total. The molecule has 0 amide bonds. The fourth-order valence-corrected chi connectivity index (χ4v) is 0.921. The maximum absolute atomic E-state index is 11.4. The van der Waals surface area contributed by atoms with Gasteiger partial charge in [0.05, 0.1) is 12.0 Å². The van der Waals surface area contributed by atoms with E-state index in [1.165, 1.54) is 14.1 Å². The van der Waals surface area contributed by atoms with Gasteiger partial charge in [0.25, 0.3) is 0 Å². The lowest BCUT2D eigenvalue weighted by Gasteiger charge is -2.02. The number of rotatable bonds is 2. The Labute approximate surface area is 91.5 Å². The molecule has 16 heavy (non-hydrogen) atoms. The Kier molecular flexibility index (Phi) is 3.98. The molecule has 0 bridgehead atoms. The van der Waals surface area contributed by atoms with E-state index < -0.39 is 11.6 Å². The summed E-state index contributed by atoms with van der Waals surface area (Å²) in [5, 5.41) is 0. The van der Waals surface area contributed by atoms with Crippen molar-refractivity contribution in [1.82, 2.24) is 0 Å². The van der Waals surface area contributed by atoms with E-state index in [9.17, 15) is 9.59 Å². The summed E-state index contributed by atoms with van der Waals surface area (Å²) >= 11 is 0. The van der Waals surface area contributed by atoms with Crippen LogP contribution in [-0.4, -0.2) is 37.7 Å². The van der Waals surface area contributed by atoms with E-state index >= 15 is 0 Å². The normalized spacial score (nSPS) is 14.1. The van der Waals surface area contributed by atoms with Crippen LogP contribution < -0.4 is 0 Å². The first-order valence-corrected chi connectivity index (χ1v) is 4.30. The number of nitrogens with zero attached hydrogens (tertiary/aromatic N) is 4. The molecule has 0 fully saturated rings. The second kappa shape index (κ2) is 5.46. The van der Waals surface area contributed by atoms with Crippen molar-refractivity contribution >= 4 is 23.6 Å². The van der Waals surface area contributed by atoms with E-state index in [1.807, 2.05) is 0 Å². The van der Waals surface area contributed by atoms with Crippen LogP contribution >= 0.6 is 0 Å². The fourth-order valence-electron chi connectivity index (χ4n) is 0.921. The number of carbonyl (C=O) groups is 2. The summed E-state index contributed by atoms with van der Waals surface area (Å²) in [7, 11) is 2.92. The van der Waals surface area contributed by atoms with Gasteiger partial charge in [0.15, 0.2) is 0 Å². The highest BCUT2D eigenvalue weighted by Crippen LogP contribution is 2.12. The molecule has 1 rings (SSSR count). The molecule has 0 radical (unpaired) electrons. The minimum Gasteiger partial charge on any atom is -0.287 e. The average molecular weight is 216 g/mol. The molecule has 0 spiro atoms. The number of ketones is 2. The van der Waals surface area contributed by atoms with E-state index in [0.29, 0.717) is 0 Å². The van der Waals surface area contributed by atoms with Gasteiger partial charge in [-0.2, -0.15) is 9.98 Å². The lowest BCUT2D eigenvalue weighted by molar-refractivity contribution is -0.115. The van der Waals surface area contributed by atoms with Gasteiger partial charge in [-0.15, -0.1) is 0 Å². The van der Waals surface area contributed by atoms with Crippen LogP contribution in [0.4, 0.5) is 0 Å². The summed E-state index contributed by atoms with van der Waals surface area (Å²) < 4.78 is 0. The molecule has 0 atom stereocenters. The number of hydrogen-bond acceptors (Lipinski definition) is 6. The summed E-state index contributed by atoms with van der Waals surface area (Å²) in [6.07, 6.45) is 2.16. The van der Waals surface area contributed by atoms with Crippen molar-refractivity contribution in [2.45, 2.75) is 0 Å². The number of hydrogen-bond donors (Lipinski definition) is 0. The van der Waals surface area contributed by atoms with Crippen molar-refractivity contribution in [2.24, 2.45) is 20.0 Å². The summed E-state index contributed by atoms with van der Waals surface area (Å²) in [5.74, 6) is -0.847. The van der Waals surface area contributed by atoms with Gasteiger partial charge in [-0.3, -0.25) is 9.59 Å². The topological polar surface area (TPSA) is 83.6 Å². The first-order chi connectivity index (χ1) is 7.69. The second-order valence-corrected chi connectivity index (χ2v) is 2.66. The van der Waals surface area contributed by atoms with Gasteiger partial charge in [-0.05, 0) is 0 Å². The molecular weight excluding hydrogens is 208 g/mol. The fraction of sp³-hybridized carbons (Fsp3) is 0.200. The lowest BCUT2D eigenvalue weighted by atomic mass is 10.1. The third kappa shape index (κ3) is 2.78. The van der Waals surface area contributed by atoms with Crippen molar-refractivity contribution in [3.05, 3.63) is 23.5 Å². The maximum atomic E-state index is 11.4. The molecule has 6 heteroatoms. The van der Waals surface area contributed by atoms with Crippen molar-refractivity contribution in [3.8, 4) is 0 Å². The average Bonchev–Trinajstić information content (AvgIpc) is 2.28. The molecule has 0 heterocycles. The van der Waals surface area contributed by atoms with Gasteiger partial charge < -0.3 is 0 Å². The molecule has 1 aliphatic rings. The predicted octanol–water partition coefficient (Wildman–Crippen LogP) is 0.513. The Morgan fingerprint density at radius 1 is 0.875 bits per heavy atom. The van der Waals surface area contributed by atoms with Crippen LogP contribution in [-0.2, 0) is 9.59 Å². The molecule has 1 aliphatic carbocycles. The standard InChI is InChI=1S/C10H8N4O2/c1-11-5-13-7-3-10(16)8(4-9(7)15)14-6-12-2/h3-4H,1-2H3. The Hall–Kier alpha value is -2.42. The van der Waals surface area contributed by atoms with Gasteiger partial charge in [0, 0.05) is 26.2 Å². The molecule has 6 nitrogen and oxygen atoms in total. The minimum absolute atomic E-state index is 0.0111. The quantitative estimate of drug-likeness (QED) is 0.497. The number of allylic oxidation sites excluding steroid dienone is 2. The third-order valence-corrected chi connectivity index (χ3v) is 1.58. The number of aliphatic imine (C=N–C) groups is 4. The third-order valence-electron chi connectivity index (χ3n) is 1.58. The zero-order chi connectivity index (χ0) is 12.0. The van der Waals surface area contributed by atoms with Crippen molar-refractivity contribution in [2.75, 3.05) is 14.1 Å². The van der Waals surface area contributed by atoms with Crippen LogP contribution in [0.2, 0.25) is 0 Å². The molecule has 0 aliphatic heterocycles. The molecule has 0 saturated carbocycles. The first-order valence-electron chi connectivity index (χ1n) is 4.30. The van der Waals surface area contributed by atoms with Crippen LogP contribution in [0.15, 0.2) is 43.5 Å². The predicted molar refractivity (Wildman–Crippen MR) is 57.8 cm³/mol. The molecule has 0 aromatic carbocycles. The largest absolute Gasteiger partial charge is 0.287 e. The van der Waals surface area contributed by atoms with Crippen molar-refractivity contribution in [1.29, 1.82) is 0 Å². The molecular formula is C10H8N4O2. The highest BCUT2D eigenvalue weighted by atomic mass is 16.1. The van der Waals surface area contributed by atoms with E-state index in [0.717, 1.165) is 12.2 Å². The second-order valence-electron chi connectivity index (χ2n) is 2.66. The molecule has 0 saturated heterocycles. The summed E-state index contributed by atoms with van der Waals surface area (Å²) in [6.45, 7) is 0. The van der Waals surface area contributed by atoms with Crippen LogP contribution in [0.5, 0.6) is 0 Å². The van der Waals surface area contributed by atoms with E-state index in [2.05, 4.69) is 32.0 Å². The molecule has 0 aromatic heterocycles. The van der Waals surface area contributed by atoms with Gasteiger partial charge >= 0.3 is 0 Å². The maximum Gasteiger partial charge on any atom is 0.207 e. The lowest BCUT2D eigenvalue weighted by Crippen LogP contribution is -2.10. The van der Waals surface area contributed by atoms with Crippen LogP contribution in [0.1, 0.15) is 0 Å². The van der Waals surface area contributed by atoms with Crippen LogP contribution in [0.25, 0.3) is 0 Å². The van der Waals surface area contributed by atoms with Gasteiger partial charge in [0.1, 0.15) is 11.4 Å². The molecule has 80 valence electrons. The smallest absolute Gasteiger partial charge is 0.207 e. The molecule has 0 unspecified atom stereocenters. The Bertz CT molecular complexity index is 465. The van der Waals surface area contributed by atoms with E-state index in [-0.39, 0.29) is 11.4 Å². The summed E-state index contributed by atoms with van der Waals surface area (Å²) in [5.41, 5.74) is -0.0222. The highest BCUT2D eigenvalue weighted by molar-refractivity contribution is 6.20. The Morgan fingerprint density at radius 3 is 1.56 bits per heavy atom. The zero-order valence-electron chi connectivity index (χ0n) is 8.76. The van der Waals surface area contributed by atoms with Crippen LogP contribution in [0, 0.1) is 0 Å². The van der Waals surface area contributed by atoms with Crippen molar-refractivity contribution in [3.63, 3.8) is 0 Å². The monoisotopic (exact) mass is 216 g/mol. The number of carbonyl (C=O) groups excluding carboxylic acids is 2. The SMILES string of the molecule is CN=C=NC1=CC(=O)C(N=C=NC)=CC1=O.